The van der Waals surface area contributed by atoms with E-state index < -0.39 is 5.97 Å². The molecule has 74 valence electrons. The Hall–Kier alpha value is -1.97. The molecule has 0 saturated heterocycles. The van der Waals surface area contributed by atoms with E-state index in [-0.39, 0.29) is 17.0 Å². The zero-order valence-electron chi connectivity index (χ0n) is 7.69. The van der Waals surface area contributed by atoms with Crippen molar-refractivity contribution in [3.05, 3.63) is 29.3 Å². The van der Waals surface area contributed by atoms with Gasteiger partial charge in [0, 0.05) is 5.57 Å². The van der Waals surface area contributed by atoms with Crippen LogP contribution in [-0.2, 0) is 4.79 Å². The number of nitrogen functional groups attached to an aromatic ring is 1. The van der Waals surface area contributed by atoms with Crippen molar-refractivity contribution in [1.29, 1.82) is 0 Å². The van der Waals surface area contributed by atoms with Crippen LogP contribution in [0.5, 0.6) is 5.75 Å². The van der Waals surface area contributed by atoms with Gasteiger partial charge in [0.15, 0.2) is 0 Å². The number of carbonyl (C=O) groups is 1. The number of aromatic hydroxyl groups is 1. The Labute approximate surface area is 81.3 Å². The van der Waals surface area contributed by atoms with Gasteiger partial charge in [-0.2, -0.15) is 0 Å². The average Bonchev–Trinajstić information content (AvgIpc) is 2.11. The summed E-state index contributed by atoms with van der Waals surface area (Å²) in [5.41, 5.74) is 6.48. The zero-order valence-corrected chi connectivity index (χ0v) is 7.69. The fraction of sp³-hybridized carbons (Fsp3) is 0.100. The minimum atomic E-state index is -0.985. The second kappa shape index (κ2) is 3.83. The van der Waals surface area contributed by atoms with Crippen molar-refractivity contribution < 1.29 is 15.0 Å². The minimum absolute atomic E-state index is 0.0445. The smallest absolute Gasteiger partial charge is 0.331 e. The lowest BCUT2D eigenvalue weighted by atomic mass is 10.1. The van der Waals surface area contributed by atoms with Gasteiger partial charge in [-0.15, -0.1) is 0 Å². The lowest BCUT2D eigenvalue weighted by Crippen LogP contribution is -1.95. The Balaban J connectivity index is 3.04. The van der Waals surface area contributed by atoms with Gasteiger partial charge in [0.2, 0.25) is 0 Å². The summed E-state index contributed by atoms with van der Waals surface area (Å²) in [6, 6.07) is 4.58. The molecular weight excluding hydrogens is 182 g/mol. The van der Waals surface area contributed by atoms with E-state index in [2.05, 4.69) is 0 Å². The van der Waals surface area contributed by atoms with E-state index in [1.54, 1.807) is 6.07 Å². The van der Waals surface area contributed by atoms with E-state index in [4.69, 9.17) is 10.8 Å². The summed E-state index contributed by atoms with van der Waals surface area (Å²) in [5.74, 6) is -1.03. The third kappa shape index (κ3) is 2.26. The van der Waals surface area contributed by atoms with Crippen molar-refractivity contribution in [2.75, 3.05) is 5.73 Å². The van der Waals surface area contributed by atoms with Crippen LogP contribution in [0.4, 0.5) is 5.69 Å². The van der Waals surface area contributed by atoms with Gasteiger partial charge in [-0.1, -0.05) is 6.07 Å². The Morgan fingerprint density at radius 1 is 1.50 bits per heavy atom. The third-order valence-corrected chi connectivity index (χ3v) is 1.78. The summed E-state index contributed by atoms with van der Waals surface area (Å²) >= 11 is 0. The summed E-state index contributed by atoms with van der Waals surface area (Å²) in [5, 5.41) is 17.9. The molecule has 4 nitrogen and oxygen atoms in total. The number of benzene rings is 1. The summed E-state index contributed by atoms with van der Waals surface area (Å²) in [7, 11) is 0. The highest BCUT2D eigenvalue weighted by molar-refractivity contribution is 5.91. The van der Waals surface area contributed by atoms with Crippen molar-refractivity contribution in [1.82, 2.24) is 0 Å². The van der Waals surface area contributed by atoms with E-state index in [1.165, 1.54) is 25.1 Å². The standard InChI is InChI=1S/C10H11NO3/c1-6(10(13)14)4-7-2-3-8(11)9(12)5-7/h2-5,12H,11H2,1H3,(H,13,14). The van der Waals surface area contributed by atoms with E-state index in [9.17, 15) is 9.90 Å². The first-order valence-electron chi connectivity index (χ1n) is 4.01. The third-order valence-electron chi connectivity index (χ3n) is 1.78. The maximum Gasteiger partial charge on any atom is 0.331 e. The average molecular weight is 193 g/mol. The van der Waals surface area contributed by atoms with E-state index in [1.807, 2.05) is 0 Å². The van der Waals surface area contributed by atoms with Gasteiger partial charge >= 0.3 is 5.97 Å². The quantitative estimate of drug-likeness (QED) is 0.377. The van der Waals surface area contributed by atoms with Crippen molar-refractivity contribution in [3.8, 4) is 5.75 Å². The summed E-state index contributed by atoms with van der Waals surface area (Å²) in [6.45, 7) is 1.48. The molecule has 0 fully saturated rings. The van der Waals surface area contributed by atoms with Crippen molar-refractivity contribution in [2.45, 2.75) is 6.92 Å². The molecule has 0 aromatic heterocycles. The van der Waals surface area contributed by atoms with Crippen LogP contribution < -0.4 is 5.73 Å². The van der Waals surface area contributed by atoms with E-state index >= 15 is 0 Å². The topological polar surface area (TPSA) is 83.5 Å². The molecule has 0 spiro atoms. The Morgan fingerprint density at radius 2 is 2.14 bits per heavy atom. The molecule has 4 heteroatoms. The van der Waals surface area contributed by atoms with Gasteiger partial charge in [0.25, 0.3) is 0 Å². The fourth-order valence-electron chi connectivity index (χ4n) is 0.962. The van der Waals surface area contributed by atoms with Crippen LogP contribution in [-0.4, -0.2) is 16.2 Å². The molecule has 0 aliphatic carbocycles. The lowest BCUT2D eigenvalue weighted by molar-refractivity contribution is -0.132. The fourth-order valence-corrected chi connectivity index (χ4v) is 0.962. The number of hydrogen-bond donors (Lipinski definition) is 3. The number of carboxylic acid groups (broad SMARTS) is 1. The number of rotatable bonds is 2. The molecule has 0 heterocycles. The molecule has 0 atom stereocenters. The Kier molecular flexibility index (Phi) is 2.76. The Morgan fingerprint density at radius 3 is 2.64 bits per heavy atom. The van der Waals surface area contributed by atoms with Crippen LogP contribution in [0, 0.1) is 0 Å². The second-order valence-electron chi connectivity index (χ2n) is 2.95. The van der Waals surface area contributed by atoms with E-state index in [0.29, 0.717) is 5.56 Å². The van der Waals surface area contributed by atoms with Crippen molar-refractivity contribution in [2.24, 2.45) is 0 Å². The van der Waals surface area contributed by atoms with Gasteiger partial charge in [-0.05, 0) is 30.7 Å². The maximum absolute atomic E-state index is 10.5. The van der Waals surface area contributed by atoms with Gasteiger partial charge in [-0.3, -0.25) is 0 Å². The molecule has 1 aromatic carbocycles. The highest BCUT2D eigenvalue weighted by Gasteiger charge is 2.01. The van der Waals surface area contributed by atoms with Crippen LogP contribution in [0.25, 0.3) is 6.08 Å². The second-order valence-corrected chi connectivity index (χ2v) is 2.95. The highest BCUT2D eigenvalue weighted by Crippen LogP contribution is 2.21. The molecule has 0 unspecified atom stereocenters. The molecule has 0 aliphatic rings. The number of phenolic OH excluding ortho intramolecular Hbond substituents is 1. The first-order valence-corrected chi connectivity index (χ1v) is 4.01. The SMILES string of the molecule is CC(=Cc1ccc(N)c(O)c1)C(=O)O. The van der Waals surface area contributed by atoms with Crippen molar-refractivity contribution in [3.63, 3.8) is 0 Å². The number of anilines is 1. The van der Waals surface area contributed by atoms with Crippen LogP contribution in [0.2, 0.25) is 0 Å². The van der Waals surface area contributed by atoms with Gasteiger partial charge in [0.05, 0.1) is 5.69 Å². The minimum Gasteiger partial charge on any atom is -0.506 e. The maximum atomic E-state index is 10.5. The molecule has 0 bridgehead atoms. The van der Waals surface area contributed by atoms with Crippen LogP contribution >= 0.6 is 0 Å². The van der Waals surface area contributed by atoms with Crippen molar-refractivity contribution >= 4 is 17.7 Å². The molecular formula is C10H11NO3. The van der Waals surface area contributed by atoms with Crippen LogP contribution in [0.1, 0.15) is 12.5 Å². The molecule has 0 saturated carbocycles. The van der Waals surface area contributed by atoms with Crippen LogP contribution in [0.3, 0.4) is 0 Å². The normalized spacial score (nSPS) is 11.4. The van der Waals surface area contributed by atoms with Gasteiger partial charge in [-0.25, -0.2) is 4.79 Å². The lowest BCUT2D eigenvalue weighted by Gasteiger charge is -2.00. The number of phenols is 1. The van der Waals surface area contributed by atoms with Crippen LogP contribution in [0.15, 0.2) is 23.8 Å². The molecule has 1 rings (SSSR count). The number of aliphatic carboxylic acids is 1. The first kappa shape index (κ1) is 10.1. The number of nitrogens with two attached hydrogens (primary N) is 1. The molecule has 0 amide bonds. The Bertz CT molecular complexity index is 396. The molecule has 0 aliphatic heterocycles. The number of hydrogen-bond acceptors (Lipinski definition) is 3. The van der Waals surface area contributed by atoms with E-state index in [0.717, 1.165) is 0 Å². The monoisotopic (exact) mass is 193 g/mol. The predicted octanol–water partition coefficient (Wildman–Crippen LogP) is 1.46. The first-order chi connectivity index (χ1) is 6.50. The summed E-state index contributed by atoms with van der Waals surface area (Å²) < 4.78 is 0. The zero-order chi connectivity index (χ0) is 10.7. The van der Waals surface area contributed by atoms with Gasteiger partial charge in [0.1, 0.15) is 5.75 Å². The molecule has 1 aromatic rings. The predicted molar refractivity (Wildman–Crippen MR) is 53.8 cm³/mol. The summed E-state index contributed by atoms with van der Waals surface area (Å²) in [6.07, 6.45) is 1.46. The van der Waals surface area contributed by atoms with Gasteiger partial charge < -0.3 is 15.9 Å². The number of carboxylic acids is 1. The molecule has 4 N–H and O–H groups in total. The molecule has 14 heavy (non-hydrogen) atoms. The highest BCUT2D eigenvalue weighted by atomic mass is 16.4. The largest absolute Gasteiger partial charge is 0.506 e. The summed E-state index contributed by atoms with van der Waals surface area (Å²) in [4.78, 5) is 10.5. The molecule has 0 radical (unpaired) electrons.